The average molecular weight is 431 g/mol. The number of hydrogen-bond donors (Lipinski definition) is 0. The van der Waals surface area contributed by atoms with Crippen molar-refractivity contribution < 1.29 is 9.47 Å². The van der Waals surface area contributed by atoms with Gasteiger partial charge in [0.2, 0.25) is 0 Å². The third kappa shape index (κ3) is 4.01. The van der Waals surface area contributed by atoms with Crippen LogP contribution in [0, 0.1) is 6.92 Å². The van der Waals surface area contributed by atoms with Gasteiger partial charge in [0.05, 0.1) is 12.8 Å². The molecule has 0 aliphatic rings. The molecule has 0 spiro atoms. The van der Waals surface area contributed by atoms with Crippen LogP contribution in [0.15, 0.2) is 65.5 Å². The third-order valence-electron chi connectivity index (χ3n) is 5.57. The maximum Gasteiger partial charge on any atom is 0.368 e. The van der Waals surface area contributed by atoms with E-state index in [0.29, 0.717) is 12.3 Å². The Labute approximate surface area is 186 Å². The summed E-state index contributed by atoms with van der Waals surface area (Å²) < 4.78 is 14.2. The molecule has 0 aliphatic carbocycles. The van der Waals surface area contributed by atoms with E-state index in [4.69, 9.17) is 9.47 Å². The van der Waals surface area contributed by atoms with Gasteiger partial charge in [0.25, 0.3) is 0 Å². The quantitative estimate of drug-likeness (QED) is 0.442. The molecule has 3 aromatic carbocycles. The molecule has 7 heteroatoms. The number of rotatable bonds is 7. The van der Waals surface area contributed by atoms with Crippen LogP contribution in [0.2, 0.25) is 0 Å². The van der Waals surface area contributed by atoms with Crippen LogP contribution in [0.1, 0.15) is 23.6 Å². The van der Waals surface area contributed by atoms with E-state index in [2.05, 4.69) is 35.5 Å². The van der Waals surface area contributed by atoms with Crippen LogP contribution < -0.4 is 15.2 Å². The van der Waals surface area contributed by atoms with Gasteiger partial charge in [0, 0.05) is 18.2 Å². The zero-order chi connectivity index (χ0) is 22.7. The van der Waals surface area contributed by atoms with Gasteiger partial charge >= 0.3 is 5.69 Å². The standard InChI is InChI=1S/C25H26N4O3/c1-5-18-15-19(13-14-20(18)21-10-6-7-12-24(21)31-4)32-16-22-17(2)9-8-11-23(22)29-25(30)28(3)26-27-29/h6-15H,5,16H2,1-4H3. The van der Waals surface area contributed by atoms with Crippen molar-refractivity contribution in [3.8, 4) is 28.3 Å². The molecule has 7 nitrogen and oxygen atoms in total. The van der Waals surface area contributed by atoms with Crippen LogP contribution in [-0.4, -0.2) is 26.9 Å². The first-order chi connectivity index (χ1) is 15.5. The van der Waals surface area contributed by atoms with Crippen LogP contribution in [0.4, 0.5) is 0 Å². The van der Waals surface area contributed by atoms with Crippen molar-refractivity contribution in [1.82, 2.24) is 19.8 Å². The summed E-state index contributed by atoms with van der Waals surface area (Å²) in [5, 5.41) is 7.80. The molecule has 1 aromatic heterocycles. The third-order valence-corrected chi connectivity index (χ3v) is 5.57. The van der Waals surface area contributed by atoms with Crippen molar-refractivity contribution in [1.29, 1.82) is 0 Å². The SMILES string of the molecule is CCc1cc(OCc2c(C)cccc2-n2nnn(C)c2=O)ccc1-c1ccccc1OC. The van der Waals surface area contributed by atoms with Crippen molar-refractivity contribution in [2.45, 2.75) is 26.9 Å². The Balaban J connectivity index is 1.64. The molecule has 0 N–H and O–H groups in total. The first-order valence-corrected chi connectivity index (χ1v) is 10.5. The summed E-state index contributed by atoms with van der Waals surface area (Å²) in [5.41, 5.74) is 5.63. The zero-order valence-electron chi connectivity index (χ0n) is 18.7. The molecule has 4 aromatic rings. The van der Waals surface area contributed by atoms with Gasteiger partial charge in [0.15, 0.2) is 0 Å². The molecule has 164 valence electrons. The van der Waals surface area contributed by atoms with Gasteiger partial charge in [-0.05, 0) is 64.7 Å². The topological polar surface area (TPSA) is 71.2 Å². The van der Waals surface area contributed by atoms with Crippen LogP contribution >= 0.6 is 0 Å². The minimum Gasteiger partial charge on any atom is -0.496 e. The Morgan fingerprint density at radius 1 is 0.969 bits per heavy atom. The maximum absolute atomic E-state index is 12.4. The van der Waals surface area contributed by atoms with E-state index in [-0.39, 0.29) is 5.69 Å². The van der Waals surface area contributed by atoms with Gasteiger partial charge in [-0.3, -0.25) is 0 Å². The summed E-state index contributed by atoms with van der Waals surface area (Å²) in [6.45, 7) is 4.42. The zero-order valence-corrected chi connectivity index (χ0v) is 18.7. The van der Waals surface area contributed by atoms with Gasteiger partial charge in [0.1, 0.15) is 18.1 Å². The monoisotopic (exact) mass is 430 g/mol. The molecule has 4 rings (SSSR count). The first kappa shape index (κ1) is 21.4. The van der Waals surface area contributed by atoms with Crippen molar-refractivity contribution in [2.24, 2.45) is 7.05 Å². The summed E-state index contributed by atoms with van der Waals surface area (Å²) >= 11 is 0. The van der Waals surface area contributed by atoms with Gasteiger partial charge < -0.3 is 9.47 Å². The van der Waals surface area contributed by atoms with Gasteiger partial charge in [-0.15, -0.1) is 0 Å². The summed E-state index contributed by atoms with van der Waals surface area (Å²) in [5.74, 6) is 1.61. The lowest BCUT2D eigenvalue weighted by atomic mass is 9.97. The number of hydrogen-bond acceptors (Lipinski definition) is 5. The van der Waals surface area contributed by atoms with Crippen LogP contribution in [-0.2, 0) is 20.1 Å². The van der Waals surface area contributed by atoms with Crippen molar-refractivity contribution in [3.63, 3.8) is 0 Å². The van der Waals surface area contributed by atoms with Gasteiger partial charge in [-0.25, -0.2) is 4.79 Å². The first-order valence-electron chi connectivity index (χ1n) is 10.5. The smallest absolute Gasteiger partial charge is 0.368 e. The Morgan fingerprint density at radius 3 is 2.50 bits per heavy atom. The molecule has 0 amide bonds. The highest BCUT2D eigenvalue weighted by Gasteiger charge is 2.15. The van der Waals surface area contributed by atoms with E-state index >= 15 is 0 Å². The molecule has 0 saturated heterocycles. The number of tetrazole rings is 1. The number of aryl methyl sites for hydroxylation is 3. The van der Waals surface area contributed by atoms with Crippen LogP contribution in [0.25, 0.3) is 16.8 Å². The van der Waals surface area contributed by atoms with E-state index in [1.165, 1.54) is 14.9 Å². The summed E-state index contributed by atoms with van der Waals surface area (Å²) in [7, 11) is 3.26. The van der Waals surface area contributed by atoms with Crippen molar-refractivity contribution in [2.75, 3.05) is 7.11 Å². The van der Waals surface area contributed by atoms with E-state index in [9.17, 15) is 4.79 Å². The second-order valence-corrected chi connectivity index (χ2v) is 7.53. The molecule has 0 aliphatic heterocycles. The summed E-state index contributed by atoms with van der Waals surface area (Å²) in [6.07, 6.45) is 0.856. The minimum absolute atomic E-state index is 0.300. The molecular weight excluding hydrogens is 404 g/mol. The molecule has 1 heterocycles. The Kier molecular flexibility index (Phi) is 6.07. The lowest BCUT2D eigenvalue weighted by Gasteiger charge is -2.16. The Hall–Kier alpha value is -3.87. The fourth-order valence-corrected chi connectivity index (χ4v) is 3.78. The van der Waals surface area contributed by atoms with E-state index in [0.717, 1.165) is 40.2 Å². The van der Waals surface area contributed by atoms with E-state index in [1.54, 1.807) is 14.2 Å². The highest BCUT2D eigenvalue weighted by molar-refractivity contribution is 5.74. The number of nitrogens with zero attached hydrogens (tertiary/aromatic N) is 4. The molecule has 32 heavy (non-hydrogen) atoms. The van der Waals surface area contributed by atoms with E-state index < -0.39 is 0 Å². The normalized spacial score (nSPS) is 10.9. The minimum atomic E-state index is -0.300. The number of aromatic nitrogens is 4. The second-order valence-electron chi connectivity index (χ2n) is 7.53. The molecule has 0 radical (unpaired) electrons. The predicted octanol–water partition coefficient (Wildman–Crippen LogP) is 4.09. The van der Waals surface area contributed by atoms with Gasteiger partial charge in [-0.1, -0.05) is 43.3 Å². The summed E-state index contributed by atoms with van der Waals surface area (Å²) in [6, 6.07) is 19.8. The molecule has 0 fully saturated rings. The highest BCUT2D eigenvalue weighted by Crippen LogP contribution is 2.34. The lowest BCUT2D eigenvalue weighted by Crippen LogP contribution is -2.23. The number of benzene rings is 3. The molecule has 0 saturated carbocycles. The number of methoxy groups -OCH3 is 1. The Bertz CT molecular complexity index is 1310. The predicted molar refractivity (Wildman–Crippen MR) is 123 cm³/mol. The molecule has 0 unspecified atom stereocenters. The largest absolute Gasteiger partial charge is 0.496 e. The van der Waals surface area contributed by atoms with Crippen molar-refractivity contribution >= 4 is 0 Å². The van der Waals surface area contributed by atoms with Crippen LogP contribution in [0.3, 0.4) is 0 Å². The van der Waals surface area contributed by atoms with Crippen LogP contribution in [0.5, 0.6) is 11.5 Å². The molecule has 0 bridgehead atoms. The second kappa shape index (κ2) is 9.09. The molecule has 0 atom stereocenters. The fraction of sp³-hybridized carbons (Fsp3) is 0.240. The lowest BCUT2D eigenvalue weighted by molar-refractivity contribution is 0.304. The van der Waals surface area contributed by atoms with E-state index in [1.807, 2.05) is 49.4 Å². The Morgan fingerprint density at radius 2 is 1.78 bits per heavy atom. The number of ether oxygens (including phenoxy) is 2. The highest BCUT2D eigenvalue weighted by atomic mass is 16.5. The average Bonchev–Trinajstić information content (AvgIpc) is 3.15. The number of para-hydroxylation sites is 1. The molecular formula is C25H26N4O3. The fourth-order valence-electron chi connectivity index (χ4n) is 3.78. The summed E-state index contributed by atoms with van der Waals surface area (Å²) in [4.78, 5) is 12.4. The van der Waals surface area contributed by atoms with Crippen molar-refractivity contribution in [3.05, 3.63) is 87.8 Å². The maximum atomic E-state index is 12.4. The van der Waals surface area contributed by atoms with Gasteiger partial charge in [-0.2, -0.15) is 9.36 Å².